The molecule has 2 aromatic rings. The highest BCUT2D eigenvalue weighted by molar-refractivity contribution is 5.76. The maximum absolute atomic E-state index is 12.0. The zero-order valence-electron chi connectivity index (χ0n) is 15.5. The summed E-state index contributed by atoms with van der Waals surface area (Å²) in [6.45, 7) is 1.32. The molecule has 0 saturated carbocycles. The monoisotopic (exact) mass is 357 g/mol. The molecule has 0 saturated heterocycles. The van der Waals surface area contributed by atoms with Gasteiger partial charge in [0.25, 0.3) is 0 Å². The molecule has 2 rings (SSSR count). The Morgan fingerprint density at radius 1 is 0.923 bits per heavy atom. The van der Waals surface area contributed by atoms with Gasteiger partial charge in [-0.05, 0) is 49.1 Å². The van der Waals surface area contributed by atoms with Crippen LogP contribution in [0.1, 0.15) is 24.8 Å². The largest absolute Gasteiger partial charge is 0.497 e. The van der Waals surface area contributed by atoms with Crippen molar-refractivity contribution in [3.05, 3.63) is 54.1 Å². The number of rotatable bonds is 11. The lowest BCUT2D eigenvalue weighted by Crippen LogP contribution is -2.24. The van der Waals surface area contributed by atoms with Gasteiger partial charge in [-0.3, -0.25) is 4.79 Å². The number of para-hydroxylation sites is 1. The molecule has 0 atom stereocenters. The minimum absolute atomic E-state index is 0.0516. The fraction of sp³-hybridized carbons (Fsp3) is 0.381. The van der Waals surface area contributed by atoms with Gasteiger partial charge in [0.05, 0.1) is 20.8 Å². The molecule has 0 bridgehead atoms. The van der Waals surface area contributed by atoms with Gasteiger partial charge in [-0.2, -0.15) is 0 Å². The first-order valence-electron chi connectivity index (χ1n) is 8.88. The molecular weight excluding hydrogens is 330 g/mol. The van der Waals surface area contributed by atoms with Gasteiger partial charge in [-0.25, -0.2) is 0 Å². The number of ether oxygens (including phenoxy) is 3. The fourth-order valence-corrected chi connectivity index (χ4v) is 2.52. The molecule has 0 radical (unpaired) electrons. The van der Waals surface area contributed by atoms with Gasteiger partial charge in [0.15, 0.2) is 0 Å². The quantitative estimate of drug-likeness (QED) is 0.624. The molecule has 0 aliphatic carbocycles. The van der Waals surface area contributed by atoms with Crippen molar-refractivity contribution in [2.75, 3.05) is 27.4 Å². The summed E-state index contributed by atoms with van der Waals surface area (Å²) in [6.07, 6.45) is 2.89. The number of methoxy groups -OCH3 is 2. The standard InChI is InChI=1S/C21H27NO4/c1-24-19-14-17(15-20(16-19)25-2)10-11-21(23)22-12-6-7-13-26-18-8-4-3-5-9-18/h3-5,8-9,14-16H,6-7,10-13H2,1-2H3,(H,22,23). The summed E-state index contributed by atoms with van der Waals surface area (Å²) in [6, 6.07) is 15.4. The smallest absolute Gasteiger partial charge is 0.220 e. The molecule has 0 aliphatic heterocycles. The number of carbonyl (C=O) groups is 1. The molecule has 0 unspecified atom stereocenters. The Morgan fingerprint density at radius 3 is 2.27 bits per heavy atom. The van der Waals surface area contributed by atoms with E-state index in [4.69, 9.17) is 14.2 Å². The van der Waals surface area contributed by atoms with Crippen LogP contribution in [0.2, 0.25) is 0 Å². The second kappa shape index (κ2) is 11.0. The lowest BCUT2D eigenvalue weighted by molar-refractivity contribution is -0.121. The number of aryl methyl sites for hydroxylation is 1. The Balaban J connectivity index is 1.60. The summed E-state index contributed by atoms with van der Waals surface area (Å²) in [4.78, 5) is 12.0. The average Bonchev–Trinajstić information content (AvgIpc) is 2.69. The summed E-state index contributed by atoms with van der Waals surface area (Å²) in [5.74, 6) is 2.40. The first kappa shape index (κ1) is 19.6. The Morgan fingerprint density at radius 2 is 1.62 bits per heavy atom. The minimum Gasteiger partial charge on any atom is -0.497 e. The number of nitrogens with one attached hydrogen (secondary N) is 1. The summed E-state index contributed by atoms with van der Waals surface area (Å²) in [5, 5.41) is 2.95. The van der Waals surface area contributed by atoms with E-state index in [-0.39, 0.29) is 5.91 Å². The first-order valence-corrected chi connectivity index (χ1v) is 8.88. The molecular formula is C21H27NO4. The van der Waals surface area contributed by atoms with Crippen LogP contribution in [0.4, 0.5) is 0 Å². The van der Waals surface area contributed by atoms with E-state index in [0.717, 1.165) is 35.7 Å². The number of amides is 1. The van der Waals surface area contributed by atoms with E-state index in [1.165, 1.54) is 0 Å². The number of benzene rings is 2. The summed E-state index contributed by atoms with van der Waals surface area (Å²) >= 11 is 0. The second-order valence-electron chi connectivity index (χ2n) is 5.94. The fourth-order valence-electron chi connectivity index (χ4n) is 2.52. The molecule has 140 valence electrons. The van der Waals surface area contributed by atoms with Gasteiger partial charge in [0.2, 0.25) is 5.91 Å². The summed E-state index contributed by atoms with van der Waals surface area (Å²) in [5.41, 5.74) is 1.02. The van der Waals surface area contributed by atoms with Crippen molar-refractivity contribution in [2.45, 2.75) is 25.7 Å². The van der Waals surface area contributed by atoms with Crippen molar-refractivity contribution in [3.8, 4) is 17.2 Å². The van der Waals surface area contributed by atoms with Crippen LogP contribution < -0.4 is 19.5 Å². The highest BCUT2D eigenvalue weighted by Crippen LogP contribution is 2.23. The van der Waals surface area contributed by atoms with E-state index in [1.807, 2.05) is 48.5 Å². The Hall–Kier alpha value is -2.69. The first-order chi connectivity index (χ1) is 12.7. The average molecular weight is 357 g/mol. The molecule has 26 heavy (non-hydrogen) atoms. The Bertz CT molecular complexity index is 651. The molecule has 0 aromatic heterocycles. The van der Waals surface area contributed by atoms with Crippen LogP contribution in [0.25, 0.3) is 0 Å². The predicted octanol–water partition coefficient (Wildman–Crippen LogP) is 3.61. The highest BCUT2D eigenvalue weighted by Gasteiger charge is 2.05. The summed E-state index contributed by atoms with van der Waals surface area (Å²) < 4.78 is 16.1. The zero-order valence-corrected chi connectivity index (χ0v) is 15.5. The van der Waals surface area contributed by atoms with E-state index in [9.17, 15) is 4.79 Å². The number of hydrogen-bond donors (Lipinski definition) is 1. The van der Waals surface area contributed by atoms with Crippen LogP contribution in [0, 0.1) is 0 Å². The molecule has 2 aromatic carbocycles. The Kier molecular flexibility index (Phi) is 8.33. The zero-order chi connectivity index (χ0) is 18.6. The maximum Gasteiger partial charge on any atom is 0.220 e. The minimum atomic E-state index is 0.0516. The van der Waals surface area contributed by atoms with Crippen molar-refractivity contribution in [2.24, 2.45) is 0 Å². The molecule has 0 fully saturated rings. The number of carbonyl (C=O) groups excluding carboxylic acids is 1. The Labute approximate surface area is 155 Å². The number of hydrogen-bond acceptors (Lipinski definition) is 4. The second-order valence-corrected chi connectivity index (χ2v) is 5.94. The number of unbranched alkanes of at least 4 members (excludes halogenated alkanes) is 1. The van der Waals surface area contributed by atoms with E-state index < -0.39 is 0 Å². The van der Waals surface area contributed by atoms with E-state index >= 15 is 0 Å². The molecule has 0 aliphatic rings. The maximum atomic E-state index is 12.0. The molecule has 5 heteroatoms. The van der Waals surface area contributed by atoms with Crippen molar-refractivity contribution in [1.29, 1.82) is 0 Å². The van der Waals surface area contributed by atoms with Crippen LogP contribution >= 0.6 is 0 Å². The van der Waals surface area contributed by atoms with Gasteiger partial charge in [-0.15, -0.1) is 0 Å². The van der Waals surface area contributed by atoms with Gasteiger partial charge < -0.3 is 19.5 Å². The van der Waals surface area contributed by atoms with Gasteiger partial charge in [0, 0.05) is 19.0 Å². The van der Waals surface area contributed by atoms with E-state index in [1.54, 1.807) is 14.2 Å². The lowest BCUT2D eigenvalue weighted by Gasteiger charge is -2.09. The van der Waals surface area contributed by atoms with Crippen LogP contribution in [0.5, 0.6) is 17.2 Å². The van der Waals surface area contributed by atoms with Crippen molar-refractivity contribution in [3.63, 3.8) is 0 Å². The van der Waals surface area contributed by atoms with Crippen molar-refractivity contribution < 1.29 is 19.0 Å². The van der Waals surface area contributed by atoms with Crippen LogP contribution in [-0.4, -0.2) is 33.3 Å². The van der Waals surface area contributed by atoms with E-state index in [2.05, 4.69) is 5.32 Å². The van der Waals surface area contributed by atoms with Crippen molar-refractivity contribution in [1.82, 2.24) is 5.32 Å². The van der Waals surface area contributed by atoms with Crippen LogP contribution in [-0.2, 0) is 11.2 Å². The topological polar surface area (TPSA) is 56.8 Å². The summed E-state index contributed by atoms with van der Waals surface area (Å²) in [7, 11) is 3.24. The third-order valence-electron chi connectivity index (χ3n) is 3.96. The molecule has 1 N–H and O–H groups in total. The normalized spacial score (nSPS) is 10.2. The highest BCUT2D eigenvalue weighted by atomic mass is 16.5. The third kappa shape index (κ3) is 7.05. The van der Waals surface area contributed by atoms with Gasteiger partial charge >= 0.3 is 0 Å². The lowest BCUT2D eigenvalue weighted by atomic mass is 10.1. The van der Waals surface area contributed by atoms with Crippen molar-refractivity contribution >= 4 is 5.91 Å². The SMILES string of the molecule is COc1cc(CCC(=O)NCCCCOc2ccccc2)cc(OC)c1. The van der Waals surface area contributed by atoms with E-state index in [0.29, 0.717) is 26.0 Å². The molecule has 0 heterocycles. The third-order valence-corrected chi connectivity index (χ3v) is 3.96. The molecule has 1 amide bonds. The molecule has 0 spiro atoms. The van der Waals surface area contributed by atoms with Crippen LogP contribution in [0.15, 0.2) is 48.5 Å². The van der Waals surface area contributed by atoms with Crippen LogP contribution in [0.3, 0.4) is 0 Å². The molecule has 5 nitrogen and oxygen atoms in total. The van der Waals surface area contributed by atoms with Gasteiger partial charge in [0.1, 0.15) is 17.2 Å². The predicted molar refractivity (Wildman–Crippen MR) is 102 cm³/mol. The van der Waals surface area contributed by atoms with Gasteiger partial charge in [-0.1, -0.05) is 18.2 Å².